The van der Waals surface area contributed by atoms with Gasteiger partial charge < -0.3 is 19.7 Å². The average molecular weight is 375 g/mol. The van der Waals surface area contributed by atoms with Crippen LogP contribution in [0.3, 0.4) is 0 Å². The Bertz CT molecular complexity index is 579. The molecular formula is C23H38N2O2. The Morgan fingerprint density at radius 2 is 1.85 bits per heavy atom. The molecule has 2 fully saturated rings. The molecule has 0 amide bonds. The average Bonchev–Trinajstić information content (AvgIpc) is 3.07. The van der Waals surface area contributed by atoms with Gasteiger partial charge in [0.05, 0.1) is 11.7 Å². The van der Waals surface area contributed by atoms with Crippen LogP contribution in [0.2, 0.25) is 0 Å². The second-order valence-corrected chi connectivity index (χ2v) is 9.43. The predicted octanol–water partition coefficient (Wildman–Crippen LogP) is 4.23. The Balaban J connectivity index is 1.57. The van der Waals surface area contributed by atoms with Gasteiger partial charge in [0.15, 0.2) is 0 Å². The van der Waals surface area contributed by atoms with E-state index in [0.717, 1.165) is 38.3 Å². The lowest BCUT2D eigenvalue weighted by molar-refractivity contribution is -0.110. The van der Waals surface area contributed by atoms with E-state index in [2.05, 4.69) is 62.2 Å². The number of nitrogens with zero attached hydrogens (tertiary/aromatic N) is 1. The fourth-order valence-corrected chi connectivity index (χ4v) is 4.77. The molecule has 1 atom stereocenters. The molecule has 4 nitrogen and oxygen atoms in total. The summed E-state index contributed by atoms with van der Waals surface area (Å²) >= 11 is 0. The van der Waals surface area contributed by atoms with Gasteiger partial charge in [0.1, 0.15) is 5.75 Å². The van der Waals surface area contributed by atoms with E-state index >= 15 is 0 Å². The van der Waals surface area contributed by atoms with Crippen molar-refractivity contribution in [3.8, 4) is 5.75 Å². The van der Waals surface area contributed by atoms with Gasteiger partial charge in [-0.25, -0.2) is 0 Å². The molecule has 0 aromatic heterocycles. The van der Waals surface area contributed by atoms with Crippen LogP contribution in [0, 0.1) is 5.41 Å². The third-order valence-corrected chi connectivity index (χ3v) is 5.81. The molecule has 2 aliphatic heterocycles. The van der Waals surface area contributed by atoms with Gasteiger partial charge in [-0.3, -0.25) is 0 Å². The van der Waals surface area contributed by atoms with Gasteiger partial charge in [0, 0.05) is 31.7 Å². The van der Waals surface area contributed by atoms with Gasteiger partial charge >= 0.3 is 0 Å². The lowest BCUT2D eigenvalue weighted by Crippen LogP contribution is -2.51. The highest BCUT2D eigenvalue weighted by molar-refractivity contribution is 5.27. The van der Waals surface area contributed by atoms with Crippen LogP contribution in [-0.4, -0.2) is 49.4 Å². The monoisotopic (exact) mass is 374 g/mol. The van der Waals surface area contributed by atoms with Crippen LogP contribution in [0.5, 0.6) is 5.75 Å². The number of likely N-dealkylation sites (tertiary alicyclic amines) is 1. The molecule has 0 bridgehead atoms. The molecule has 2 heterocycles. The first-order chi connectivity index (χ1) is 12.9. The number of nitrogens with one attached hydrogen (secondary N) is 1. The van der Waals surface area contributed by atoms with Gasteiger partial charge in [0.2, 0.25) is 0 Å². The zero-order chi connectivity index (χ0) is 19.3. The lowest BCUT2D eigenvalue weighted by Gasteiger charge is -2.47. The Labute approximate surface area is 165 Å². The lowest BCUT2D eigenvalue weighted by atomic mass is 9.73. The molecule has 0 aliphatic carbocycles. The SMILES string of the molecule is CC(C)Oc1ccc(CNC[C@]2(CN3CCCC3)CCOC(C)(C)C2)cc1. The molecule has 0 unspecified atom stereocenters. The summed E-state index contributed by atoms with van der Waals surface area (Å²) in [6.45, 7) is 15.2. The highest BCUT2D eigenvalue weighted by Gasteiger charge is 2.41. The van der Waals surface area contributed by atoms with E-state index in [9.17, 15) is 0 Å². The second kappa shape index (κ2) is 8.93. The van der Waals surface area contributed by atoms with Crippen LogP contribution < -0.4 is 10.1 Å². The van der Waals surface area contributed by atoms with Crippen molar-refractivity contribution in [1.29, 1.82) is 0 Å². The molecule has 1 N–H and O–H groups in total. The number of hydrogen-bond donors (Lipinski definition) is 1. The zero-order valence-corrected chi connectivity index (χ0v) is 17.7. The number of benzene rings is 1. The summed E-state index contributed by atoms with van der Waals surface area (Å²) in [5.41, 5.74) is 1.61. The van der Waals surface area contributed by atoms with Gasteiger partial charge in [-0.15, -0.1) is 0 Å². The smallest absolute Gasteiger partial charge is 0.119 e. The van der Waals surface area contributed by atoms with E-state index < -0.39 is 0 Å². The molecule has 0 spiro atoms. The molecular weight excluding hydrogens is 336 g/mol. The number of ether oxygens (including phenoxy) is 2. The summed E-state index contributed by atoms with van der Waals surface area (Å²) < 4.78 is 11.8. The van der Waals surface area contributed by atoms with Crippen molar-refractivity contribution in [2.24, 2.45) is 5.41 Å². The van der Waals surface area contributed by atoms with E-state index in [1.54, 1.807) is 0 Å². The minimum atomic E-state index is -0.0184. The minimum Gasteiger partial charge on any atom is -0.491 e. The topological polar surface area (TPSA) is 33.7 Å². The van der Waals surface area contributed by atoms with Crippen LogP contribution in [0.4, 0.5) is 0 Å². The highest BCUT2D eigenvalue weighted by atomic mass is 16.5. The van der Waals surface area contributed by atoms with E-state index in [-0.39, 0.29) is 11.7 Å². The van der Waals surface area contributed by atoms with Crippen molar-refractivity contribution in [2.45, 2.75) is 71.6 Å². The summed E-state index contributed by atoms with van der Waals surface area (Å²) in [6.07, 6.45) is 5.21. The maximum absolute atomic E-state index is 6.03. The first-order valence-electron chi connectivity index (χ1n) is 10.7. The standard InChI is InChI=1S/C23H38N2O2/c1-19(2)27-21-9-7-20(8-10-21)15-24-17-23(18-25-12-5-6-13-25)11-14-26-22(3,4)16-23/h7-10,19,24H,5-6,11-18H2,1-4H3/t23-/m0/s1. The van der Waals surface area contributed by atoms with Crippen LogP contribution in [-0.2, 0) is 11.3 Å². The molecule has 27 heavy (non-hydrogen) atoms. The van der Waals surface area contributed by atoms with Gasteiger partial charge in [-0.2, -0.15) is 0 Å². The fourth-order valence-electron chi connectivity index (χ4n) is 4.77. The van der Waals surface area contributed by atoms with Crippen molar-refractivity contribution in [1.82, 2.24) is 10.2 Å². The Hall–Kier alpha value is -1.10. The highest BCUT2D eigenvalue weighted by Crippen LogP contribution is 2.39. The summed E-state index contributed by atoms with van der Waals surface area (Å²) in [7, 11) is 0. The molecule has 1 aromatic carbocycles. The predicted molar refractivity (Wildman–Crippen MR) is 111 cm³/mol. The van der Waals surface area contributed by atoms with Crippen molar-refractivity contribution in [2.75, 3.05) is 32.8 Å². The molecule has 3 rings (SSSR count). The molecule has 2 saturated heterocycles. The van der Waals surface area contributed by atoms with Crippen molar-refractivity contribution >= 4 is 0 Å². The first-order valence-corrected chi connectivity index (χ1v) is 10.7. The Morgan fingerprint density at radius 1 is 1.15 bits per heavy atom. The van der Waals surface area contributed by atoms with E-state index in [4.69, 9.17) is 9.47 Å². The minimum absolute atomic E-state index is 0.0184. The first kappa shape index (κ1) is 20.6. The zero-order valence-electron chi connectivity index (χ0n) is 17.7. The third kappa shape index (κ3) is 6.20. The Morgan fingerprint density at radius 3 is 2.48 bits per heavy atom. The maximum atomic E-state index is 6.03. The summed E-state index contributed by atoms with van der Waals surface area (Å²) in [6, 6.07) is 8.50. The van der Waals surface area contributed by atoms with Gasteiger partial charge in [-0.05, 0) is 84.2 Å². The summed E-state index contributed by atoms with van der Waals surface area (Å²) in [4.78, 5) is 2.67. The second-order valence-electron chi connectivity index (χ2n) is 9.43. The quantitative estimate of drug-likeness (QED) is 0.738. The largest absolute Gasteiger partial charge is 0.491 e. The molecule has 0 radical (unpaired) electrons. The molecule has 4 heteroatoms. The van der Waals surface area contributed by atoms with Crippen LogP contribution >= 0.6 is 0 Å². The van der Waals surface area contributed by atoms with E-state index in [1.165, 1.54) is 38.0 Å². The van der Waals surface area contributed by atoms with Crippen molar-refractivity contribution < 1.29 is 9.47 Å². The van der Waals surface area contributed by atoms with Crippen LogP contribution in [0.15, 0.2) is 24.3 Å². The molecule has 2 aliphatic rings. The van der Waals surface area contributed by atoms with E-state index in [1.807, 2.05) is 0 Å². The van der Waals surface area contributed by atoms with E-state index in [0.29, 0.717) is 5.41 Å². The summed E-state index contributed by atoms with van der Waals surface area (Å²) in [5, 5.41) is 3.76. The number of hydrogen-bond acceptors (Lipinski definition) is 4. The fraction of sp³-hybridized carbons (Fsp3) is 0.739. The van der Waals surface area contributed by atoms with Crippen LogP contribution in [0.1, 0.15) is 58.9 Å². The van der Waals surface area contributed by atoms with Crippen molar-refractivity contribution in [3.63, 3.8) is 0 Å². The third-order valence-electron chi connectivity index (χ3n) is 5.81. The Kier molecular flexibility index (Phi) is 6.83. The molecule has 1 aromatic rings. The van der Waals surface area contributed by atoms with Crippen LogP contribution in [0.25, 0.3) is 0 Å². The van der Waals surface area contributed by atoms with Gasteiger partial charge in [0.25, 0.3) is 0 Å². The normalized spacial score (nSPS) is 25.8. The molecule has 0 saturated carbocycles. The maximum Gasteiger partial charge on any atom is 0.119 e. The molecule has 152 valence electrons. The summed E-state index contributed by atoms with van der Waals surface area (Å²) in [5.74, 6) is 0.949. The number of rotatable bonds is 8. The van der Waals surface area contributed by atoms with Gasteiger partial charge in [-0.1, -0.05) is 12.1 Å². The van der Waals surface area contributed by atoms with Crippen molar-refractivity contribution in [3.05, 3.63) is 29.8 Å².